The fourth-order valence-corrected chi connectivity index (χ4v) is 6.13. The molecule has 2 amide bonds. The number of halogens is 3. The zero-order chi connectivity index (χ0) is 28.7. The molecule has 3 rings (SSSR count). The highest BCUT2D eigenvalue weighted by atomic mass is 32.2. The van der Waals surface area contributed by atoms with Crippen molar-refractivity contribution < 1.29 is 36.3 Å². The molecule has 1 heterocycles. The van der Waals surface area contributed by atoms with E-state index in [9.17, 15) is 36.3 Å². The van der Waals surface area contributed by atoms with Crippen molar-refractivity contribution in [1.82, 2.24) is 14.9 Å². The van der Waals surface area contributed by atoms with Gasteiger partial charge in [0.25, 0.3) is 0 Å². The third-order valence-electron chi connectivity index (χ3n) is 5.80. The molecule has 39 heavy (non-hydrogen) atoms. The number of aliphatic hydroxyl groups is 1. The Labute approximate surface area is 228 Å². The summed E-state index contributed by atoms with van der Waals surface area (Å²) in [7, 11) is -4.78. The van der Waals surface area contributed by atoms with E-state index in [1.54, 1.807) is 47.8 Å². The van der Waals surface area contributed by atoms with Crippen LogP contribution in [0, 0.1) is 17.5 Å². The number of nitrogens with one attached hydrogen (secondary N) is 2. The summed E-state index contributed by atoms with van der Waals surface area (Å²) in [6, 6.07) is 10.5. The molecule has 0 radical (unpaired) electrons. The maximum Gasteiger partial charge on any atom is 0.246 e. The molecule has 1 aromatic heterocycles. The second-order valence-corrected chi connectivity index (χ2v) is 11.8. The molecule has 0 fully saturated rings. The summed E-state index contributed by atoms with van der Waals surface area (Å²) in [6.45, 7) is 1.77. The van der Waals surface area contributed by atoms with Crippen molar-refractivity contribution in [3.63, 3.8) is 0 Å². The van der Waals surface area contributed by atoms with Gasteiger partial charge in [-0.25, -0.2) is 21.6 Å². The number of sulfonamides is 1. The lowest BCUT2D eigenvalue weighted by Crippen LogP contribution is -2.54. The standard InChI is InChI=1S/C26H28F3N3O5S2/c1-16(30-17(2)33)26(35)31-23(11-18-7-4-3-5-8-18)24(34)15-32(14-19-9-6-10-38-19)39(36,37)25-13-21(28)20(27)12-22(25)29/h3-10,12-13,16,23-24,34H,11,14-15H2,1-2H3,(H,30,33)(H,31,35)/t16-,23?,24?/m0/s1. The number of amides is 2. The average molecular weight is 584 g/mol. The summed E-state index contributed by atoms with van der Waals surface area (Å²) in [5.41, 5.74) is 0.716. The summed E-state index contributed by atoms with van der Waals surface area (Å²) in [4.78, 5) is 23.6. The van der Waals surface area contributed by atoms with E-state index in [1.165, 1.54) is 25.2 Å². The number of thiophene rings is 1. The Bertz CT molecular complexity index is 1390. The van der Waals surface area contributed by atoms with Crippen molar-refractivity contribution in [2.24, 2.45) is 0 Å². The summed E-state index contributed by atoms with van der Waals surface area (Å²) in [5.74, 6) is -5.65. The van der Waals surface area contributed by atoms with Crippen molar-refractivity contribution in [1.29, 1.82) is 0 Å². The Morgan fingerprint density at radius 1 is 1.00 bits per heavy atom. The van der Waals surface area contributed by atoms with Crippen LogP contribution in [0.4, 0.5) is 13.2 Å². The number of carbonyl (C=O) groups is 2. The molecule has 3 atom stereocenters. The van der Waals surface area contributed by atoms with Gasteiger partial charge in [0.15, 0.2) is 11.6 Å². The molecule has 210 valence electrons. The Balaban J connectivity index is 1.95. The zero-order valence-electron chi connectivity index (χ0n) is 21.1. The Kier molecular flexibility index (Phi) is 10.2. The second kappa shape index (κ2) is 13.2. The Morgan fingerprint density at radius 2 is 1.67 bits per heavy atom. The molecular weight excluding hydrogens is 555 g/mol. The Morgan fingerprint density at radius 3 is 2.28 bits per heavy atom. The van der Waals surface area contributed by atoms with Crippen molar-refractivity contribution in [2.75, 3.05) is 6.54 Å². The largest absolute Gasteiger partial charge is 0.390 e. The topological polar surface area (TPSA) is 116 Å². The lowest BCUT2D eigenvalue weighted by Gasteiger charge is -2.30. The molecule has 13 heteroatoms. The molecule has 0 aliphatic rings. The summed E-state index contributed by atoms with van der Waals surface area (Å²) in [6.07, 6.45) is -1.44. The van der Waals surface area contributed by atoms with E-state index in [-0.39, 0.29) is 25.1 Å². The number of hydrogen-bond acceptors (Lipinski definition) is 6. The molecule has 2 aromatic carbocycles. The molecular formula is C26H28F3N3O5S2. The predicted octanol–water partition coefficient (Wildman–Crippen LogP) is 2.97. The van der Waals surface area contributed by atoms with Crippen molar-refractivity contribution in [3.05, 3.63) is 87.9 Å². The third kappa shape index (κ3) is 8.12. The van der Waals surface area contributed by atoms with Crippen molar-refractivity contribution >= 4 is 33.2 Å². The molecule has 0 bridgehead atoms. The van der Waals surface area contributed by atoms with E-state index < -0.39 is 68.9 Å². The molecule has 3 aromatic rings. The monoisotopic (exact) mass is 583 g/mol. The van der Waals surface area contributed by atoms with Crippen LogP contribution < -0.4 is 10.6 Å². The van der Waals surface area contributed by atoms with Gasteiger partial charge in [0.1, 0.15) is 16.8 Å². The van der Waals surface area contributed by atoms with E-state index in [2.05, 4.69) is 10.6 Å². The van der Waals surface area contributed by atoms with Crippen LogP contribution >= 0.6 is 11.3 Å². The van der Waals surface area contributed by atoms with Gasteiger partial charge in [0.05, 0.1) is 12.1 Å². The smallest absolute Gasteiger partial charge is 0.246 e. The number of hydrogen-bond donors (Lipinski definition) is 3. The summed E-state index contributed by atoms with van der Waals surface area (Å²) >= 11 is 1.21. The van der Waals surface area contributed by atoms with E-state index in [1.807, 2.05) is 0 Å². The fraction of sp³-hybridized carbons (Fsp3) is 0.308. The van der Waals surface area contributed by atoms with Crippen LogP contribution in [-0.4, -0.2) is 54.4 Å². The summed E-state index contributed by atoms with van der Waals surface area (Å²) < 4.78 is 69.7. The quantitative estimate of drug-likeness (QED) is 0.284. The second-order valence-electron chi connectivity index (χ2n) is 8.87. The molecule has 3 N–H and O–H groups in total. The average Bonchev–Trinajstić information content (AvgIpc) is 3.38. The minimum atomic E-state index is -4.78. The molecule has 0 saturated carbocycles. The first-order valence-corrected chi connectivity index (χ1v) is 14.2. The van der Waals surface area contributed by atoms with Crippen LogP contribution in [0.2, 0.25) is 0 Å². The van der Waals surface area contributed by atoms with E-state index in [0.717, 1.165) is 4.31 Å². The van der Waals surface area contributed by atoms with Crippen LogP contribution in [0.25, 0.3) is 0 Å². The highest BCUT2D eigenvalue weighted by Gasteiger charge is 2.34. The first-order chi connectivity index (χ1) is 18.4. The number of nitrogens with zero attached hydrogens (tertiary/aromatic N) is 1. The highest BCUT2D eigenvalue weighted by molar-refractivity contribution is 7.89. The van der Waals surface area contributed by atoms with Gasteiger partial charge in [-0.15, -0.1) is 11.3 Å². The van der Waals surface area contributed by atoms with Gasteiger partial charge in [0.2, 0.25) is 21.8 Å². The number of aliphatic hydroxyl groups excluding tert-OH is 1. The minimum absolute atomic E-state index is 0.0902. The molecule has 0 aliphatic carbocycles. The maximum absolute atomic E-state index is 14.5. The lowest BCUT2D eigenvalue weighted by atomic mass is 10.0. The zero-order valence-corrected chi connectivity index (χ0v) is 22.7. The van der Waals surface area contributed by atoms with Crippen LogP contribution in [-0.2, 0) is 32.6 Å². The fourth-order valence-electron chi connectivity index (χ4n) is 3.83. The summed E-state index contributed by atoms with van der Waals surface area (Å²) in [5, 5.41) is 18.0. The van der Waals surface area contributed by atoms with Gasteiger partial charge >= 0.3 is 0 Å². The van der Waals surface area contributed by atoms with E-state index >= 15 is 0 Å². The van der Waals surface area contributed by atoms with Crippen molar-refractivity contribution in [3.8, 4) is 0 Å². The first kappa shape index (κ1) is 30.3. The number of carbonyl (C=O) groups excluding carboxylic acids is 2. The van der Waals surface area contributed by atoms with Crippen LogP contribution in [0.3, 0.4) is 0 Å². The van der Waals surface area contributed by atoms with Gasteiger partial charge < -0.3 is 15.7 Å². The third-order valence-corrected chi connectivity index (χ3v) is 8.49. The van der Waals surface area contributed by atoms with Crippen LogP contribution in [0.15, 0.2) is 64.9 Å². The highest BCUT2D eigenvalue weighted by Crippen LogP contribution is 2.25. The first-order valence-electron chi connectivity index (χ1n) is 11.8. The SMILES string of the molecule is CC(=O)N[C@@H](C)C(=O)NC(Cc1ccccc1)C(O)CN(Cc1cccs1)S(=O)(=O)c1cc(F)c(F)cc1F. The Hall–Kier alpha value is -3.26. The van der Waals surface area contributed by atoms with Gasteiger partial charge in [-0.2, -0.15) is 4.31 Å². The van der Waals surface area contributed by atoms with Crippen molar-refractivity contribution in [2.45, 2.75) is 49.9 Å². The minimum Gasteiger partial charge on any atom is -0.390 e. The molecule has 0 spiro atoms. The van der Waals surface area contributed by atoms with Gasteiger partial charge in [-0.3, -0.25) is 9.59 Å². The number of rotatable bonds is 12. The molecule has 0 aliphatic heterocycles. The molecule has 0 saturated heterocycles. The van der Waals surface area contributed by atoms with Gasteiger partial charge in [-0.1, -0.05) is 36.4 Å². The predicted molar refractivity (Wildman–Crippen MR) is 140 cm³/mol. The number of benzene rings is 2. The van der Waals surface area contributed by atoms with Crippen LogP contribution in [0.5, 0.6) is 0 Å². The normalized spacial score (nSPS) is 14.0. The molecule has 8 nitrogen and oxygen atoms in total. The van der Waals surface area contributed by atoms with E-state index in [4.69, 9.17) is 0 Å². The van der Waals surface area contributed by atoms with Gasteiger partial charge in [-0.05, 0) is 36.4 Å². The van der Waals surface area contributed by atoms with E-state index in [0.29, 0.717) is 10.4 Å². The van der Waals surface area contributed by atoms with Gasteiger partial charge in [0, 0.05) is 31.0 Å². The maximum atomic E-state index is 14.5. The lowest BCUT2D eigenvalue weighted by molar-refractivity contribution is -0.128. The van der Waals surface area contributed by atoms with Crippen LogP contribution in [0.1, 0.15) is 24.3 Å². The molecule has 2 unspecified atom stereocenters.